The first-order valence-corrected chi connectivity index (χ1v) is 6.73. The van der Waals surface area contributed by atoms with Gasteiger partial charge in [-0.15, -0.1) is 0 Å². The van der Waals surface area contributed by atoms with Crippen LogP contribution in [0.1, 0.15) is 16.1 Å². The lowest BCUT2D eigenvalue weighted by molar-refractivity contribution is 0.102. The lowest BCUT2D eigenvalue weighted by Gasteiger charge is -2.07. The summed E-state index contributed by atoms with van der Waals surface area (Å²) in [5.41, 5.74) is 8.93. The van der Waals surface area contributed by atoms with Crippen LogP contribution in [0, 0.1) is 6.92 Å². The second kappa shape index (κ2) is 5.10. The minimum absolute atomic E-state index is 0.287. The maximum atomic E-state index is 12.4. The van der Waals surface area contributed by atoms with E-state index >= 15 is 0 Å². The molecule has 106 valence electrons. The van der Waals surface area contributed by atoms with Crippen molar-refractivity contribution in [3.05, 3.63) is 52.7 Å². The highest BCUT2D eigenvalue weighted by Gasteiger charge is 2.15. The SMILES string of the molecule is Cc1ccc(Cl)c(NC(=O)c2n[nH]c3ccc(N)cc23)c1. The number of aryl methyl sites for hydroxylation is 1. The first-order chi connectivity index (χ1) is 10.0. The monoisotopic (exact) mass is 300 g/mol. The normalized spacial score (nSPS) is 10.8. The Balaban J connectivity index is 1.97. The van der Waals surface area contributed by atoms with Gasteiger partial charge in [-0.3, -0.25) is 9.89 Å². The number of aromatic nitrogens is 2. The molecule has 3 aromatic rings. The van der Waals surface area contributed by atoms with E-state index in [1.807, 2.05) is 19.1 Å². The van der Waals surface area contributed by atoms with Crippen LogP contribution in [-0.4, -0.2) is 16.1 Å². The van der Waals surface area contributed by atoms with Crippen molar-refractivity contribution in [1.29, 1.82) is 0 Å². The van der Waals surface area contributed by atoms with Gasteiger partial charge in [0.05, 0.1) is 16.2 Å². The topological polar surface area (TPSA) is 83.8 Å². The lowest BCUT2D eigenvalue weighted by Crippen LogP contribution is -2.13. The van der Waals surface area contributed by atoms with Crippen LogP contribution in [0.4, 0.5) is 11.4 Å². The van der Waals surface area contributed by atoms with E-state index in [-0.39, 0.29) is 11.6 Å². The largest absolute Gasteiger partial charge is 0.399 e. The van der Waals surface area contributed by atoms with Gasteiger partial charge in [-0.2, -0.15) is 5.10 Å². The second-order valence-electron chi connectivity index (χ2n) is 4.81. The number of nitrogen functional groups attached to an aromatic ring is 1. The quantitative estimate of drug-likeness (QED) is 0.634. The Morgan fingerprint density at radius 3 is 2.90 bits per heavy atom. The number of carbonyl (C=O) groups is 1. The highest BCUT2D eigenvalue weighted by Crippen LogP contribution is 2.25. The number of amides is 1. The molecule has 5 nitrogen and oxygen atoms in total. The molecule has 3 rings (SSSR count). The summed E-state index contributed by atoms with van der Waals surface area (Å²) in [4.78, 5) is 12.4. The van der Waals surface area contributed by atoms with Crippen LogP contribution in [0.25, 0.3) is 10.9 Å². The van der Waals surface area contributed by atoms with Crippen molar-refractivity contribution < 1.29 is 4.79 Å². The first kappa shape index (κ1) is 13.5. The minimum atomic E-state index is -0.334. The molecule has 6 heteroatoms. The Morgan fingerprint density at radius 1 is 1.29 bits per heavy atom. The summed E-state index contributed by atoms with van der Waals surface area (Å²) in [7, 11) is 0. The zero-order valence-corrected chi connectivity index (χ0v) is 12.0. The number of fused-ring (bicyclic) bond motifs is 1. The highest BCUT2D eigenvalue weighted by atomic mass is 35.5. The molecule has 0 radical (unpaired) electrons. The zero-order chi connectivity index (χ0) is 15.0. The Kier molecular flexibility index (Phi) is 3.27. The standard InChI is InChI=1S/C15H13ClN4O/c1-8-2-4-11(16)13(6-8)18-15(21)14-10-7-9(17)3-5-12(10)19-20-14/h2-7H,17H2,1H3,(H,18,21)(H,19,20). The summed E-state index contributed by atoms with van der Waals surface area (Å²) in [5.74, 6) is -0.334. The number of nitrogens with zero attached hydrogens (tertiary/aromatic N) is 1. The van der Waals surface area contributed by atoms with E-state index in [0.717, 1.165) is 11.1 Å². The average Bonchev–Trinajstić information content (AvgIpc) is 2.85. The molecule has 0 fully saturated rings. The number of halogens is 1. The minimum Gasteiger partial charge on any atom is -0.399 e. The maximum absolute atomic E-state index is 12.4. The molecule has 0 unspecified atom stereocenters. The van der Waals surface area contributed by atoms with E-state index in [4.69, 9.17) is 17.3 Å². The molecule has 0 atom stereocenters. The number of nitrogens with two attached hydrogens (primary N) is 1. The number of rotatable bonds is 2. The van der Waals surface area contributed by atoms with E-state index in [2.05, 4.69) is 15.5 Å². The molecule has 0 bridgehead atoms. The molecule has 0 aliphatic carbocycles. The van der Waals surface area contributed by atoms with E-state index in [1.165, 1.54) is 0 Å². The molecule has 1 heterocycles. The van der Waals surface area contributed by atoms with Gasteiger partial charge < -0.3 is 11.1 Å². The predicted octanol–water partition coefficient (Wildman–Crippen LogP) is 3.36. The Morgan fingerprint density at radius 2 is 2.10 bits per heavy atom. The smallest absolute Gasteiger partial charge is 0.276 e. The second-order valence-corrected chi connectivity index (χ2v) is 5.22. The van der Waals surface area contributed by atoms with Gasteiger partial charge in [0.1, 0.15) is 0 Å². The van der Waals surface area contributed by atoms with Gasteiger partial charge in [0.25, 0.3) is 5.91 Å². The van der Waals surface area contributed by atoms with Gasteiger partial charge in [-0.1, -0.05) is 17.7 Å². The third kappa shape index (κ3) is 2.55. The third-order valence-electron chi connectivity index (χ3n) is 3.17. The Bertz CT molecular complexity index is 841. The molecule has 0 aliphatic heterocycles. The number of benzene rings is 2. The molecule has 0 aliphatic rings. The maximum Gasteiger partial charge on any atom is 0.276 e. The van der Waals surface area contributed by atoms with E-state index in [1.54, 1.807) is 24.3 Å². The van der Waals surface area contributed by atoms with Crippen molar-refractivity contribution in [2.45, 2.75) is 6.92 Å². The van der Waals surface area contributed by atoms with Crippen molar-refractivity contribution in [3.63, 3.8) is 0 Å². The van der Waals surface area contributed by atoms with Gasteiger partial charge in [0, 0.05) is 11.1 Å². The zero-order valence-electron chi connectivity index (χ0n) is 11.3. The van der Waals surface area contributed by atoms with Crippen molar-refractivity contribution in [1.82, 2.24) is 10.2 Å². The molecule has 1 aromatic heterocycles. The molecule has 1 amide bonds. The van der Waals surface area contributed by atoms with Crippen LogP contribution < -0.4 is 11.1 Å². The fraction of sp³-hybridized carbons (Fsp3) is 0.0667. The molecular weight excluding hydrogens is 288 g/mol. The average molecular weight is 301 g/mol. The molecule has 0 spiro atoms. The summed E-state index contributed by atoms with van der Waals surface area (Å²) in [6.07, 6.45) is 0. The summed E-state index contributed by atoms with van der Waals surface area (Å²) in [6.45, 7) is 1.93. The predicted molar refractivity (Wildman–Crippen MR) is 84.6 cm³/mol. The number of H-pyrrole nitrogens is 1. The van der Waals surface area contributed by atoms with Crippen LogP contribution in [0.3, 0.4) is 0 Å². The van der Waals surface area contributed by atoms with Crippen LogP contribution in [0.15, 0.2) is 36.4 Å². The van der Waals surface area contributed by atoms with Crippen molar-refractivity contribution in [3.8, 4) is 0 Å². The highest BCUT2D eigenvalue weighted by molar-refractivity contribution is 6.34. The fourth-order valence-electron chi connectivity index (χ4n) is 2.12. The Hall–Kier alpha value is -2.53. The number of carbonyl (C=O) groups excluding carboxylic acids is 1. The van der Waals surface area contributed by atoms with Gasteiger partial charge in [0.2, 0.25) is 0 Å². The van der Waals surface area contributed by atoms with Crippen LogP contribution >= 0.6 is 11.6 Å². The van der Waals surface area contributed by atoms with Crippen LogP contribution in [-0.2, 0) is 0 Å². The van der Waals surface area contributed by atoms with Crippen molar-refractivity contribution in [2.24, 2.45) is 0 Å². The lowest BCUT2D eigenvalue weighted by atomic mass is 10.1. The van der Waals surface area contributed by atoms with E-state index < -0.39 is 0 Å². The molecule has 21 heavy (non-hydrogen) atoms. The summed E-state index contributed by atoms with van der Waals surface area (Å²) in [6, 6.07) is 10.7. The number of nitrogens with one attached hydrogen (secondary N) is 2. The first-order valence-electron chi connectivity index (χ1n) is 6.36. The van der Waals surface area contributed by atoms with Crippen LogP contribution in [0.2, 0.25) is 5.02 Å². The summed E-state index contributed by atoms with van der Waals surface area (Å²) < 4.78 is 0. The van der Waals surface area contributed by atoms with E-state index in [9.17, 15) is 4.79 Å². The fourth-order valence-corrected chi connectivity index (χ4v) is 2.29. The molecular formula is C15H13ClN4O. The van der Waals surface area contributed by atoms with Crippen molar-refractivity contribution >= 4 is 39.8 Å². The van der Waals surface area contributed by atoms with Crippen LogP contribution in [0.5, 0.6) is 0 Å². The Labute approximate surface area is 126 Å². The van der Waals surface area contributed by atoms with Gasteiger partial charge in [-0.05, 0) is 42.8 Å². The number of aromatic amines is 1. The molecule has 4 N–H and O–H groups in total. The van der Waals surface area contributed by atoms with Crippen molar-refractivity contribution in [2.75, 3.05) is 11.1 Å². The molecule has 2 aromatic carbocycles. The summed E-state index contributed by atoms with van der Waals surface area (Å²) >= 11 is 6.08. The third-order valence-corrected chi connectivity index (χ3v) is 3.50. The number of hydrogen-bond donors (Lipinski definition) is 3. The summed E-state index contributed by atoms with van der Waals surface area (Å²) in [5, 5.41) is 10.8. The van der Waals surface area contributed by atoms with E-state index in [0.29, 0.717) is 21.8 Å². The number of hydrogen-bond acceptors (Lipinski definition) is 3. The molecule has 0 saturated heterocycles. The molecule has 0 saturated carbocycles. The van der Waals surface area contributed by atoms with Gasteiger partial charge in [-0.25, -0.2) is 0 Å². The number of anilines is 2. The van der Waals surface area contributed by atoms with Gasteiger partial charge >= 0.3 is 0 Å². The van der Waals surface area contributed by atoms with Gasteiger partial charge in [0.15, 0.2) is 5.69 Å².